The molecule has 4 heteroatoms. The lowest BCUT2D eigenvalue weighted by Gasteiger charge is -2.00. The Morgan fingerprint density at radius 2 is 2.06 bits per heavy atom. The van der Waals surface area contributed by atoms with Gasteiger partial charge in [0.25, 0.3) is 0 Å². The molecule has 4 nitrogen and oxygen atoms in total. The molecule has 16 heavy (non-hydrogen) atoms. The van der Waals surface area contributed by atoms with E-state index < -0.39 is 0 Å². The summed E-state index contributed by atoms with van der Waals surface area (Å²) in [6.45, 7) is 1.50. The van der Waals surface area contributed by atoms with Crippen molar-refractivity contribution in [2.45, 2.75) is 6.54 Å². The van der Waals surface area contributed by atoms with Crippen LogP contribution in [0.1, 0.15) is 5.56 Å². The number of aliphatic hydroxyl groups is 1. The molecule has 0 aliphatic rings. The van der Waals surface area contributed by atoms with E-state index in [4.69, 9.17) is 5.11 Å². The third-order valence-corrected chi connectivity index (χ3v) is 2.27. The van der Waals surface area contributed by atoms with Crippen molar-refractivity contribution in [1.29, 1.82) is 0 Å². The molecule has 0 aliphatic heterocycles. The van der Waals surface area contributed by atoms with Gasteiger partial charge in [0, 0.05) is 24.8 Å². The molecule has 84 valence electrons. The fourth-order valence-corrected chi connectivity index (χ4v) is 1.49. The highest BCUT2D eigenvalue weighted by atomic mass is 16.3. The van der Waals surface area contributed by atoms with Gasteiger partial charge >= 0.3 is 0 Å². The molecular formula is C12H15N3O. The minimum atomic E-state index is 0.160. The summed E-state index contributed by atoms with van der Waals surface area (Å²) >= 11 is 0. The van der Waals surface area contributed by atoms with Crippen LogP contribution >= 0.6 is 0 Å². The maximum Gasteiger partial charge on any atom is 0.0645 e. The Kier molecular flexibility index (Phi) is 3.69. The van der Waals surface area contributed by atoms with Crippen molar-refractivity contribution in [3.63, 3.8) is 0 Å². The van der Waals surface area contributed by atoms with Crippen LogP contribution in [0.5, 0.6) is 0 Å². The van der Waals surface area contributed by atoms with Crippen LogP contribution in [0.2, 0.25) is 0 Å². The number of nitrogens with one attached hydrogen (secondary N) is 1. The van der Waals surface area contributed by atoms with Crippen molar-refractivity contribution in [3.05, 3.63) is 48.3 Å². The van der Waals surface area contributed by atoms with Crippen LogP contribution < -0.4 is 5.32 Å². The molecule has 2 rings (SSSR count). The van der Waals surface area contributed by atoms with Crippen LogP contribution in [-0.4, -0.2) is 28.0 Å². The average molecular weight is 217 g/mol. The lowest BCUT2D eigenvalue weighted by atomic mass is 10.3. The van der Waals surface area contributed by atoms with Crippen LogP contribution in [0.4, 0.5) is 0 Å². The van der Waals surface area contributed by atoms with Crippen LogP contribution in [0.3, 0.4) is 0 Å². The number of nitrogens with zero attached hydrogens (tertiary/aromatic N) is 2. The molecule has 0 saturated heterocycles. The Balaban J connectivity index is 2.02. The van der Waals surface area contributed by atoms with Gasteiger partial charge in [-0.05, 0) is 12.1 Å². The third kappa shape index (κ3) is 2.68. The molecule has 0 saturated carbocycles. The largest absolute Gasteiger partial charge is 0.395 e. The SMILES string of the molecule is OCCNCc1cnn(-c2ccccc2)c1. The Morgan fingerprint density at radius 1 is 1.25 bits per heavy atom. The molecule has 0 fully saturated rings. The molecule has 0 atom stereocenters. The summed E-state index contributed by atoms with van der Waals surface area (Å²) in [6, 6.07) is 9.98. The van der Waals surface area contributed by atoms with Gasteiger partial charge in [-0.15, -0.1) is 0 Å². The van der Waals surface area contributed by atoms with Gasteiger partial charge in [0.05, 0.1) is 18.5 Å². The first-order chi connectivity index (χ1) is 7.90. The number of hydrogen-bond donors (Lipinski definition) is 2. The summed E-state index contributed by atoms with van der Waals surface area (Å²) in [5.41, 5.74) is 2.16. The van der Waals surface area contributed by atoms with Crippen molar-refractivity contribution in [3.8, 4) is 5.69 Å². The van der Waals surface area contributed by atoms with Crippen LogP contribution in [-0.2, 0) is 6.54 Å². The topological polar surface area (TPSA) is 50.1 Å². The highest BCUT2D eigenvalue weighted by Gasteiger charge is 1.99. The molecule has 1 heterocycles. The molecule has 2 aromatic rings. The summed E-state index contributed by atoms with van der Waals surface area (Å²) in [5.74, 6) is 0. The molecule has 0 aliphatic carbocycles. The van der Waals surface area contributed by atoms with E-state index >= 15 is 0 Å². The van der Waals surface area contributed by atoms with E-state index in [1.165, 1.54) is 0 Å². The fourth-order valence-electron chi connectivity index (χ4n) is 1.49. The zero-order valence-electron chi connectivity index (χ0n) is 9.00. The van der Waals surface area contributed by atoms with Gasteiger partial charge in [-0.1, -0.05) is 18.2 Å². The highest BCUT2D eigenvalue weighted by molar-refractivity contribution is 5.30. The number of hydrogen-bond acceptors (Lipinski definition) is 3. The van der Waals surface area contributed by atoms with E-state index in [1.807, 2.05) is 47.4 Å². The molecule has 0 spiro atoms. The van der Waals surface area contributed by atoms with E-state index in [1.54, 1.807) is 0 Å². The monoisotopic (exact) mass is 217 g/mol. The predicted molar refractivity (Wildman–Crippen MR) is 62.4 cm³/mol. The molecule has 0 amide bonds. The summed E-state index contributed by atoms with van der Waals surface area (Å²) in [7, 11) is 0. The second-order valence-electron chi connectivity index (χ2n) is 3.53. The Morgan fingerprint density at radius 3 is 2.81 bits per heavy atom. The number of aromatic nitrogens is 2. The molecule has 0 radical (unpaired) electrons. The van der Waals surface area contributed by atoms with Crippen molar-refractivity contribution < 1.29 is 5.11 Å². The molecule has 2 N–H and O–H groups in total. The van der Waals surface area contributed by atoms with E-state index in [0.717, 1.165) is 17.8 Å². The molecule has 0 unspecified atom stereocenters. The first kappa shape index (κ1) is 10.9. The van der Waals surface area contributed by atoms with Gasteiger partial charge in [-0.25, -0.2) is 4.68 Å². The molecule has 1 aromatic carbocycles. The van der Waals surface area contributed by atoms with Gasteiger partial charge < -0.3 is 10.4 Å². The maximum atomic E-state index is 8.64. The van der Waals surface area contributed by atoms with Gasteiger partial charge in [-0.3, -0.25) is 0 Å². The van der Waals surface area contributed by atoms with Crippen LogP contribution in [0.15, 0.2) is 42.7 Å². The summed E-state index contributed by atoms with van der Waals surface area (Å²) in [4.78, 5) is 0. The smallest absolute Gasteiger partial charge is 0.0645 e. The summed E-state index contributed by atoms with van der Waals surface area (Å²) in [5, 5.41) is 16.0. The minimum Gasteiger partial charge on any atom is -0.395 e. The Hall–Kier alpha value is -1.65. The van der Waals surface area contributed by atoms with E-state index in [0.29, 0.717) is 6.54 Å². The van der Waals surface area contributed by atoms with Gasteiger partial charge in [0.2, 0.25) is 0 Å². The molecular weight excluding hydrogens is 202 g/mol. The fraction of sp³-hybridized carbons (Fsp3) is 0.250. The lowest BCUT2D eigenvalue weighted by molar-refractivity contribution is 0.292. The standard InChI is InChI=1S/C12H15N3O/c16-7-6-13-8-11-9-14-15(10-11)12-4-2-1-3-5-12/h1-5,9-10,13,16H,6-8H2. The zero-order valence-corrected chi connectivity index (χ0v) is 9.00. The van der Waals surface area contributed by atoms with Crippen molar-refractivity contribution in [2.24, 2.45) is 0 Å². The number of para-hydroxylation sites is 1. The third-order valence-electron chi connectivity index (χ3n) is 2.27. The zero-order chi connectivity index (χ0) is 11.2. The maximum absolute atomic E-state index is 8.64. The van der Waals surface area contributed by atoms with E-state index in [-0.39, 0.29) is 6.61 Å². The van der Waals surface area contributed by atoms with E-state index in [9.17, 15) is 0 Å². The first-order valence-corrected chi connectivity index (χ1v) is 5.30. The first-order valence-electron chi connectivity index (χ1n) is 5.30. The second-order valence-corrected chi connectivity index (χ2v) is 3.53. The molecule has 1 aromatic heterocycles. The van der Waals surface area contributed by atoms with Crippen LogP contribution in [0, 0.1) is 0 Å². The van der Waals surface area contributed by atoms with Crippen LogP contribution in [0.25, 0.3) is 5.69 Å². The van der Waals surface area contributed by atoms with Crippen molar-refractivity contribution >= 4 is 0 Å². The summed E-state index contributed by atoms with van der Waals surface area (Å²) in [6.07, 6.45) is 3.82. The Bertz CT molecular complexity index is 425. The van der Waals surface area contributed by atoms with Crippen molar-refractivity contribution in [2.75, 3.05) is 13.2 Å². The number of benzene rings is 1. The summed E-state index contributed by atoms with van der Waals surface area (Å²) < 4.78 is 1.84. The van der Waals surface area contributed by atoms with Gasteiger partial charge in [0.1, 0.15) is 0 Å². The number of aliphatic hydroxyl groups excluding tert-OH is 1. The van der Waals surface area contributed by atoms with Gasteiger partial charge in [0.15, 0.2) is 0 Å². The normalized spacial score (nSPS) is 10.6. The Labute approximate surface area is 94.5 Å². The lowest BCUT2D eigenvalue weighted by Crippen LogP contribution is -2.17. The second kappa shape index (κ2) is 5.44. The molecule has 0 bridgehead atoms. The minimum absolute atomic E-state index is 0.160. The number of rotatable bonds is 5. The average Bonchev–Trinajstić information content (AvgIpc) is 2.79. The van der Waals surface area contributed by atoms with E-state index in [2.05, 4.69) is 10.4 Å². The van der Waals surface area contributed by atoms with Crippen molar-refractivity contribution in [1.82, 2.24) is 15.1 Å². The highest BCUT2D eigenvalue weighted by Crippen LogP contribution is 2.07. The predicted octanol–water partition coefficient (Wildman–Crippen LogP) is 0.954. The quantitative estimate of drug-likeness (QED) is 0.733. The van der Waals surface area contributed by atoms with Gasteiger partial charge in [-0.2, -0.15) is 5.10 Å².